The van der Waals surface area contributed by atoms with E-state index in [1.807, 2.05) is 12.1 Å². The lowest BCUT2D eigenvalue weighted by Gasteiger charge is -2.29. The molecule has 6 nitrogen and oxygen atoms in total. The van der Waals surface area contributed by atoms with Gasteiger partial charge in [-0.3, -0.25) is 4.79 Å². The van der Waals surface area contributed by atoms with Gasteiger partial charge in [0, 0.05) is 18.9 Å². The number of carbonyl (C=O) groups excluding carboxylic acids is 1. The lowest BCUT2D eigenvalue weighted by Crippen LogP contribution is -2.27. The summed E-state index contributed by atoms with van der Waals surface area (Å²) in [6.45, 7) is 1.41. The van der Waals surface area contributed by atoms with Crippen LogP contribution >= 0.6 is 11.3 Å². The molecule has 1 fully saturated rings. The zero-order valence-corrected chi connectivity index (χ0v) is 16.9. The van der Waals surface area contributed by atoms with E-state index in [2.05, 4.69) is 20.3 Å². The number of amides is 1. The van der Waals surface area contributed by atoms with Crippen LogP contribution in [-0.4, -0.2) is 27.0 Å². The molecule has 1 aliphatic rings. The summed E-state index contributed by atoms with van der Waals surface area (Å²) in [4.78, 5) is 24.1. The second kappa shape index (κ2) is 8.17. The first-order valence-electron chi connectivity index (χ1n) is 9.53. The van der Waals surface area contributed by atoms with E-state index in [0.717, 1.165) is 4.70 Å². The number of nitrogens with one attached hydrogen (secondary N) is 1. The first-order valence-corrected chi connectivity index (χ1v) is 10.3. The fourth-order valence-corrected chi connectivity index (χ4v) is 4.60. The summed E-state index contributed by atoms with van der Waals surface area (Å²) in [6, 6.07) is 7.11. The molecule has 10 heteroatoms. The van der Waals surface area contributed by atoms with Crippen LogP contribution in [-0.2, 0) is 4.79 Å². The third kappa shape index (κ3) is 4.53. The Bertz CT molecular complexity index is 1060. The molecular weight excluding hydrogens is 417 g/mol. The number of thiazole rings is 1. The van der Waals surface area contributed by atoms with Crippen LogP contribution in [0.1, 0.15) is 44.2 Å². The van der Waals surface area contributed by atoms with Gasteiger partial charge in [-0.1, -0.05) is 17.4 Å². The largest absolute Gasteiger partial charge is 0.437 e. The van der Waals surface area contributed by atoms with Crippen LogP contribution in [0.4, 0.5) is 18.3 Å². The van der Waals surface area contributed by atoms with Gasteiger partial charge >= 0.3 is 6.18 Å². The standard InChI is InChI=1S/C20H19F3N4O2S/c1-11(28)26-19-27-18-15(3-2-4-16(18)30-19)29-17-9-14(24-10-25-17)12-5-7-13(8-6-12)20(21,22)23/h2-4,9-10,12-13H,5-8H2,1H3,(H,26,27,28). The molecule has 0 atom stereocenters. The molecule has 0 aliphatic heterocycles. The first kappa shape index (κ1) is 20.5. The van der Waals surface area contributed by atoms with Crippen LogP contribution < -0.4 is 10.1 Å². The van der Waals surface area contributed by atoms with Gasteiger partial charge in [0.25, 0.3) is 0 Å². The summed E-state index contributed by atoms with van der Waals surface area (Å²) in [5.74, 6) is -0.704. The molecule has 0 unspecified atom stereocenters. The van der Waals surface area contributed by atoms with Gasteiger partial charge in [0.2, 0.25) is 11.8 Å². The van der Waals surface area contributed by atoms with Crippen molar-refractivity contribution in [1.29, 1.82) is 0 Å². The maximum absolute atomic E-state index is 12.9. The number of nitrogens with zero attached hydrogens (tertiary/aromatic N) is 3. The average Bonchev–Trinajstić information content (AvgIpc) is 3.10. The molecule has 30 heavy (non-hydrogen) atoms. The summed E-state index contributed by atoms with van der Waals surface area (Å²) in [7, 11) is 0. The summed E-state index contributed by atoms with van der Waals surface area (Å²) in [5.41, 5.74) is 1.28. The number of hydrogen-bond donors (Lipinski definition) is 1. The van der Waals surface area contributed by atoms with Crippen LogP contribution in [0, 0.1) is 5.92 Å². The van der Waals surface area contributed by atoms with Crippen molar-refractivity contribution in [3.8, 4) is 11.6 Å². The third-order valence-electron chi connectivity index (χ3n) is 5.15. The van der Waals surface area contributed by atoms with Crippen LogP contribution in [0.3, 0.4) is 0 Å². The normalized spacial score (nSPS) is 19.6. The van der Waals surface area contributed by atoms with Crippen molar-refractivity contribution in [2.24, 2.45) is 5.92 Å². The minimum Gasteiger partial charge on any atom is -0.437 e. The Hall–Kier alpha value is -2.75. The molecule has 1 aliphatic carbocycles. The highest BCUT2D eigenvalue weighted by Gasteiger charge is 2.41. The Labute approximate surface area is 174 Å². The highest BCUT2D eigenvalue weighted by Crippen LogP contribution is 2.43. The highest BCUT2D eigenvalue weighted by molar-refractivity contribution is 7.22. The molecule has 0 bridgehead atoms. The number of fused-ring (bicyclic) bond motifs is 1. The Morgan fingerprint density at radius 3 is 2.67 bits per heavy atom. The molecule has 1 amide bonds. The molecule has 1 aromatic carbocycles. The van der Waals surface area contributed by atoms with Crippen LogP contribution in [0.2, 0.25) is 0 Å². The monoisotopic (exact) mass is 436 g/mol. The number of alkyl halides is 3. The molecule has 1 saturated carbocycles. The maximum Gasteiger partial charge on any atom is 0.391 e. The van der Waals surface area contributed by atoms with E-state index in [1.165, 1.54) is 24.6 Å². The zero-order valence-electron chi connectivity index (χ0n) is 16.1. The fourth-order valence-electron chi connectivity index (χ4n) is 3.67. The zero-order chi connectivity index (χ0) is 21.3. The summed E-state index contributed by atoms with van der Waals surface area (Å²) in [6.07, 6.45) is -1.68. The van der Waals surface area contributed by atoms with Gasteiger partial charge in [0.15, 0.2) is 10.9 Å². The van der Waals surface area contributed by atoms with Crippen molar-refractivity contribution in [1.82, 2.24) is 15.0 Å². The molecule has 4 rings (SSSR count). The van der Waals surface area contributed by atoms with Crippen molar-refractivity contribution in [2.45, 2.75) is 44.7 Å². The number of ether oxygens (including phenoxy) is 1. The Morgan fingerprint density at radius 1 is 1.20 bits per heavy atom. The lowest BCUT2D eigenvalue weighted by atomic mass is 9.80. The Kier molecular flexibility index (Phi) is 5.59. The number of para-hydroxylation sites is 1. The smallest absolute Gasteiger partial charge is 0.391 e. The van der Waals surface area contributed by atoms with E-state index >= 15 is 0 Å². The second-order valence-electron chi connectivity index (χ2n) is 7.28. The average molecular weight is 436 g/mol. The quantitative estimate of drug-likeness (QED) is 0.570. The van der Waals surface area contributed by atoms with E-state index in [1.54, 1.807) is 12.1 Å². The topological polar surface area (TPSA) is 77.0 Å². The fraction of sp³-hybridized carbons (Fsp3) is 0.400. The number of aromatic nitrogens is 3. The Balaban J connectivity index is 1.51. The van der Waals surface area contributed by atoms with E-state index in [9.17, 15) is 18.0 Å². The molecule has 158 valence electrons. The van der Waals surface area contributed by atoms with Crippen molar-refractivity contribution in [3.63, 3.8) is 0 Å². The van der Waals surface area contributed by atoms with Gasteiger partial charge in [0.05, 0.1) is 16.3 Å². The molecule has 3 aromatic rings. The number of halogens is 3. The van der Waals surface area contributed by atoms with Crippen molar-refractivity contribution < 1.29 is 22.7 Å². The summed E-state index contributed by atoms with van der Waals surface area (Å²) in [5, 5.41) is 3.13. The van der Waals surface area contributed by atoms with Crippen molar-refractivity contribution in [2.75, 3.05) is 5.32 Å². The predicted molar refractivity (Wildman–Crippen MR) is 107 cm³/mol. The maximum atomic E-state index is 12.9. The molecule has 2 heterocycles. The van der Waals surface area contributed by atoms with E-state index in [4.69, 9.17) is 4.74 Å². The number of benzene rings is 1. The van der Waals surface area contributed by atoms with Crippen LogP contribution in [0.15, 0.2) is 30.6 Å². The predicted octanol–water partition coefficient (Wildman–Crippen LogP) is 5.67. The summed E-state index contributed by atoms with van der Waals surface area (Å²) >= 11 is 1.33. The van der Waals surface area contributed by atoms with Gasteiger partial charge < -0.3 is 10.1 Å². The van der Waals surface area contributed by atoms with Crippen molar-refractivity contribution >= 4 is 32.6 Å². The first-order chi connectivity index (χ1) is 14.3. The van der Waals surface area contributed by atoms with Crippen LogP contribution in [0.25, 0.3) is 10.2 Å². The van der Waals surface area contributed by atoms with E-state index < -0.39 is 12.1 Å². The molecule has 0 radical (unpaired) electrons. The lowest BCUT2D eigenvalue weighted by molar-refractivity contribution is -0.182. The molecule has 2 aromatic heterocycles. The van der Waals surface area contributed by atoms with E-state index in [-0.39, 0.29) is 24.7 Å². The second-order valence-corrected chi connectivity index (χ2v) is 8.31. The molecule has 0 spiro atoms. The highest BCUT2D eigenvalue weighted by atomic mass is 32.1. The van der Waals surface area contributed by atoms with Gasteiger partial charge in [-0.15, -0.1) is 0 Å². The Morgan fingerprint density at radius 2 is 1.97 bits per heavy atom. The summed E-state index contributed by atoms with van der Waals surface area (Å²) < 4.78 is 45.5. The molecular formula is C20H19F3N4O2S. The van der Waals surface area contributed by atoms with Gasteiger partial charge in [-0.05, 0) is 37.8 Å². The van der Waals surface area contributed by atoms with Crippen LogP contribution in [0.5, 0.6) is 11.6 Å². The number of hydrogen-bond acceptors (Lipinski definition) is 6. The number of rotatable bonds is 4. The van der Waals surface area contributed by atoms with Gasteiger partial charge in [0.1, 0.15) is 11.8 Å². The van der Waals surface area contributed by atoms with Crippen molar-refractivity contribution in [3.05, 3.63) is 36.3 Å². The van der Waals surface area contributed by atoms with Gasteiger partial charge in [-0.25, -0.2) is 15.0 Å². The number of anilines is 1. The minimum absolute atomic E-state index is 0.0459. The minimum atomic E-state index is -4.13. The third-order valence-corrected chi connectivity index (χ3v) is 6.09. The SMILES string of the molecule is CC(=O)Nc1nc2c(Oc3cc(C4CCC(C(F)(F)F)CC4)ncn3)cccc2s1. The number of carbonyl (C=O) groups is 1. The molecule has 1 N–H and O–H groups in total. The molecule has 0 saturated heterocycles. The van der Waals surface area contributed by atoms with Gasteiger partial charge in [-0.2, -0.15) is 13.2 Å². The van der Waals surface area contributed by atoms with E-state index in [0.29, 0.717) is 40.8 Å².